The number of pyridine rings is 1. The summed E-state index contributed by atoms with van der Waals surface area (Å²) >= 11 is 3.56. The fourth-order valence-corrected chi connectivity index (χ4v) is 3.64. The summed E-state index contributed by atoms with van der Waals surface area (Å²) in [5, 5.41) is 3.44. The van der Waals surface area contributed by atoms with E-state index in [2.05, 4.69) is 26.1 Å². The zero-order chi connectivity index (χ0) is 13.2. The molecule has 2 aromatic heterocycles. The molecule has 0 bridgehead atoms. The summed E-state index contributed by atoms with van der Waals surface area (Å²) in [4.78, 5) is 15.6. The first-order chi connectivity index (χ1) is 9.31. The van der Waals surface area contributed by atoms with Gasteiger partial charge in [0.05, 0.1) is 23.7 Å². The molecule has 0 radical (unpaired) electrons. The van der Waals surface area contributed by atoms with Gasteiger partial charge in [0.25, 0.3) is 0 Å². The normalized spacial score (nSPS) is 18.6. The van der Waals surface area contributed by atoms with Crippen LogP contribution < -0.4 is 0 Å². The van der Waals surface area contributed by atoms with Crippen LogP contribution in [0.1, 0.15) is 43.8 Å². The summed E-state index contributed by atoms with van der Waals surface area (Å²) < 4.78 is 2.92. The van der Waals surface area contributed by atoms with Crippen LogP contribution in [0.4, 0.5) is 0 Å². The van der Waals surface area contributed by atoms with Crippen molar-refractivity contribution in [2.75, 3.05) is 0 Å². The molecule has 1 unspecified atom stereocenters. The van der Waals surface area contributed by atoms with Gasteiger partial charge in [0.15, 0.2) is 0 Å². The van der Waals surface area contributed by atoms with E-state index in [-0.39, 0.29) is 6.04 Å². The number of imidazole rings is 1. The van der Waals surface area contributed by atoms with E-state index >= 15 is 0 Å². The van der Waals surface area contributed by atoms with Crippen molar-refractivity contribution in [3.63, 3.8) is 0 Å². The maximum atomic E-state index is 11.4. The number of nitroso groups, excluding NO2 is 1. The molecule has 0 aromatic carbocycles. The summed E-state index contributed by atoms with van der Waals surface area (Å²) in [6, 6.07) is 3.68. The van der Waals surface area contributed by atoms with Gasteiger partial charge in [0, 0.05) is 4.47 Å². The minimum Gasteiger partial charge on any atom is -0.300 e. The molecule has 5 heteroatoms. The third kappa shape index (κ3) is 2.31. The molecular weight excluding hydrogens is 306 g/mol. The highest BCUT2D eigenvalue weighted by Crippen LogP contribution is 2.39. The Labute approximate surface area is 120 Å². The fraction of sp³-hybridized carbons (Fsp3) is 0.500. The Hall–Kier alpha value is -1.23. The molecule has 4 nitrogen and oxygen atoms in total. The van der Waals surface area contributed by atoms with Crippen LogP contribution in [0.3, 0.4) is 0 Å². The smallest absolute Gasteiger partial charge is 0.136 e. The predicted octanol–water partition coefficient (Wildman–Crippen LogP) is 4.48. The molecule has 1 fully saturated rings. The number of nitrogens with zero attached hydrogens (tertiary/aromatic N) is 3. The number of rotatable bonds is 3. The second-order valence-electron chi connectivity index (χ2n) is 5.20. The number of halogens is 1. The van der Waals surface area contributed by atoms with Crippen molar-refractivity contribution < 1.29 is 0 Å². The minimum atomic E-state index is -0.285. The monoisotopic (exact) mass is 321 g/mol. The topological polar surface area (TPSA) is 46.7 Å². The van der Waals surface area contributed by atoms with Crippen LogP contribution in [-0.2, 0) is 0 Å². The quantitative estimate of drug-likeness (QED) is 0.782. The van der Waals surface area contributed by atoms with E-state index in [1.165, 1.54) is 19.3 Å². The van der Waals surface area contributed by atoms with Crippen LogP contribution in [0.5, 0.6) is 0 Å². The van der Waals surface area contributed by atoms with Crippen molar-refractivity contribution in [3.05, 3.63) is 39.7 Å². The van der Waals surface area contributed by atoms with Gasteiger partial charge in [-0.1, -0.05) is 24.4 Å². The Bertz CT molecular complexity index is 589. The summed E-state index contributed by atoms with van der Waals surface area (Å²) in [6.45, 7) is 0. The lowest BCUT2D eigenvalue weighted by Gasteiger charge is -2.26. The molecule has 100 valence electrons. The van der Waals surface area contributed by atoms with Crippen molar-refractivity contribution in [2.24, 2.45) is 11.1 Å². The molecule has 0 amide bonds. The second kappa shape index (κ2) is 5.41. The van der Waals surface area contributed by atoms with E-state index in [0.29, 0.717) is 5.92 Å². The van der Waals surface area contributed by atoms with E-state index in [0.717, 1.165) is 28.5 Å². The minimum absolute atomic E-state index is 0.285. The van der Waals surface area contributed by atoms with Gasteiger partial charge >= 0.3 is 0 Å². The molecule has 1 saturated carbocycles. The lowest BCUT2D eigenvalue weighted by Crippen LogP contribution is -2.17. The molecule has 0 N–H and O–H groups in total. The standard InChI is InChI=1S/C14H16BrN3O/c15-12-7-6-11-8-16-9-18(11)14(12)13(17-19)10-4-2-1-3-5-10/h6-10,13H,1-5H2. The maximum Gasteiger partial charge on any atom is 0.136 e. The molecule has 19 heavy (non-hydrogen) atoms. The van der Waals surface area contributed by atoms with Gasteiger partial charge < -0.3 is 0 Å². The average Bonchev–Trinajstić information content (AvgIpc) is 2.91. The van der Waals surface area contributed by atoms with E-state index in [9.17, 15) is 4.91 Å². The van der Waals surface area contributed by atoms with Crippen LogP contribution in [0, 0.1) is 10.8 Å². The molecule has 3 rings (SSSR count). The first-order valence-electron chi connectivity index (χ1n) is 6.74. The molecule has 0 saturated heterocycles. The molecular formula is C14H16BrN3O. The number of fused-ring (bicyclic) bond motifs is 1. The predicted molar refractivity (Wildman–Crippen MR) is 78.0 cm³/mol. The van der Waals surface area contributed by atoms with Crippen LogP contribution in [-0.4, -0.2) is 9.38 Å². The van der Waals surface area contributed by atoms with Gasteiger partial charge in [-0.25, -0.2) is 4.98 Å². The SMILES string of the molecule is O=NC(c1c(Br)ccc2cncn12)C1CCCCC1. The second-order valence-corrected chi connectivity index (χ2v) is 6.06. The van der Waals surface area contributed by atoms with Crippen LogP contribution in [0.15, 0.2) is 34.3 Å². The van der Waals surface area contributed by atoms with Gasteiger partial charge in [-0.05, 0) is 46.8 Å². The van der Waals surface area contributed by atoms with E-state index < -0.39 is 0 Å². The average molecular weight is 322 g/mol. The first-order valence-corrected chi connectivity index (χ1v) is 7.53. The lowest BCUT2D eigenvalue weighted by molar-refractivity contribution is 0.303. The van der Waals surface area contributed by atoms with Crippen LogP contribution in [0.25, 0.3) is 5.52 Å². The first kappa shape index (κ1) is 12.8. The highest BCUT2D eigenvalue weighted by atomic mass is 79.9. The highest BCUT2D eigenvalue weighted by Gasteiger charge is 2.29. The molecule has 1 aliphatic rings. The highest BCUT2D eigenvalue weighted by molar-refractivity contribution is 9.10. The Kier molecular flexibility index (Phi) is 3.64. The van der Waals surface area contributed by atoms with E-state index in [1.807, 2.05) is 16.5 Å². The molecule has 2 heterocycles. The van der Waals surface area contributed by atoms with Crippen molar-refractivity contribution in [1.82, 2.24) is 9.38 Å². The number of hydrogen-bond donors (Lipinski definition) is 0. The fourth-order valence-electron chi connectivity index (χ4n) is 3.08. The number of hydrogen-bond acceptors (Lipinski definition) is 3. The summed E-state index contributed by atoms with van der Waals surface area (Å²) in [5.41, 5.74) is 1.94. The van der Waals surface area contributed by atoms with Gasteiger partial charge in [-0.3, -0.25) is 4.40 Å². The Morgan fingerprint density at radius 1 is 1.32 bits per heavy atom. The third-order valence-corrected chi connectivity index (χ3v) is 4.73. The maximum absolute atomic E-state index is 11.4. The Morgan fingerprint density at radius 3 is 2.84 bits per heavy atom. The van der Waals surface area contributed by atoms with Gasteiger partial charge in [-0.15, -0.1) is 0 Å². The molecule has 2 aromatic rings. The lowest BCUT2D eigenvalue weighted by atomic mass is 9.83. The molecule has 1 aliphatic carbocycles. The number of aromatic nitrogens is 2. The van der Waals surface area contributed by atoms with Gasteiger partial charge in [0.1, 0.15) is 6.04 Å². The Morgan fingerprint density at radius 2 is 2.11 bits per heavy atom. The summed E-state index contributed by atoms with van der Waals surface area (Å²) in [6.07, 6.45) is 9.43. The third-order valence-electron chi connectivity index (χ3n) is 4.06. The van der Waals surface area contributed by atoms with E-state index in [4.69, 9.17) is 0 Å². The van der Waals surface area contributed by atoms with Gasteiger partial charge in [0.2, 0.25) is 0 Å². The summed E-state index contributed by atoms with van der Waals surface area (Å²) in [5.74, 6) is 0.357. The van der Waals surface area contributed by atoms with Crippen LogP contribution in [0.2, 0.25) is 0 Å². The van der Waals surface area contributed by atoms with Crippen molar-refractivity contribution in [1.29, 1.82) is 0 Å². The van der Waals surface area contributed by atoms with Crippen LogP contribution >= 0.6 is 15.9 Å². The molecule has 1 atom stereocenters. The zero-order valence-electron chi connectivity index (χ0n) is 10.6. The molecule has 0 spiro atoms. The van der Waals surface area contributed by atoms with Crippen molar-refractivity contribution in [2.45, 2.75) is 38.1 Å². The molecule has 0 aliphatic heterocycles. The van der Waals surface area contributed by atoms with Gasteiger partial charge in [-0.2, -0.15) is 4.91 Å². The van der Waals surface area contributed by atoms with E-state index in [1.54, 1.807) is 12.5 Å². The van der Waals surface area contributed by atoms with Crippen molar-refractivity contribution in [3.8, 4) is 0 Å². The Balaban J connectivity index is 2.07. The van der Waals surface area contributed by atoms with Crippen molar-refractivity contribution >= 4 is 21.4 Å². The summed E-state index contributed by atoms with van der Waals surface area (Å²) in [7, 11) is 0. The largest absolute Gasteiger partial charge is 0.300 e. The zero-order valence-corrected chi connectivity index (χ0v) is 12.2.